The van der Waals surface area contributed by atoms with Crippen LogP contribution in [0.15, 0.2) is 55.1 Å². The molecule has 27 heavy (non-hydrogen) atoms. The van der Waals surface area contributed by atoms with Crippen molar-refractivity contribution in [3.63, 3.8) is 0 Å². The molecule has 0 bridgehead atoms. The number of carbonyl (C=O) groups excluding carboxylic acids is 1. The van der Waals surface area contributed by atoms with Gasteiger partial charge >= 0.3 is 0 Å². The molecule has 1 aromatic carbocycles. The molecule has 0 unspecified atom stereocenters. The van der Waals surface area contributed by atoms with E-state index in [0.29, 0.717) is 30.3 Å². The van der Waals surface area contributed by atoms with Crippen LogP contribution in [0, 0.1) is 12.7 Å². The first-order valence-corrected chi connectivity index (χ1v) is 8.40. The second-order valence-corrected chi connectivity index (χ2v) is 5.68. The summed E-state index contributed by atoms with van der Waals surface area (Å²) in [5.74, 6) is 1.52. The fourth-order valence-electron chi connectivity index (χ4n) is 2.41. The lowest BCUT2D eigenvalue weighted by Gasteiger charge is -2.08. The molecule has 2 heterocycles. The number of hydrogen-bond donors (Lipinski definition) is 2. The van der Waals surface area contributed by atoms with Gasteiger partial charge in [0.05, 0.1) is 0 Å². The Morgan fingerprint density at radius 2 is 2.07 bits per heavy atom. The quantitative estimate of drug-likeness (QED) is 0.495. The van der Waals surface area contributed by atoms with Crippen molar-refractivity contribution in [2.75, 3.05) is 18.4 Å². The van der Waals surface area contributed by atoms with Gasteiger partial charge in [0, 0.05) is 43.2 Å². The molecule has 0 saturated heterocycles. The van der Waals surface area contributed by atoms with Gasteiger partial charge in [0.25, 0.3) is 0 Å². The highest BCUT2D eigenvalue weighted by Gasteiger charge is 2.04. The number of aryl methyl sites for hydroxylation is 1. The maximum atomic E-state index is 13.5. The fourth-order valence-corrected chi connectivity index (χ4v) is 2.41. The van der Waals surface area contributed by atoms with Crippen LogP contribution in [-0.4, -0.2) is 38.5 Å². The Hall–Kier alpha value is -3.55. The molecule has 3 aromatic rings. The number of carbonyl (C=O) groups is 1. The molecule has 0 aliphatic carbocycles. The minimum atomic E-state index is -0.365. The van der Waals surface area contributed by atoms with Crippen molar-refractivity contribution in [1.29, 1.82) is 0 Å². The summed E-state index contributed by atoms with van der Waals surface area (Å²) in [4.78, 5) is 24.3. The molecule has 0 spiro atoms. The number of rotatable bonds is 7. The van der Waals surface area contributed by atoms with E-state index < -0.39 is 0 Å². The van der Waals surface area contributed by atoms with Crippen LogP contribution in [0.25, 0.3) is 11.9 Å². The number of anilines is 1. The molecule has 8 heteroatoms. The van der Waals surface area contributed by atoms with E-state index in [9.17, 15) is 9.18 Å². The van der Waals surface area contributed by atoms with Crippen LogP contribution in [0.4, 0.5) is 10.2 Å². The molecule has 0 aliphatic rings. The van der Waals surface area contributed by atoms with Crippen LogP contribution in [0.2, 0.25) is 0 Å². The van der Waals surface area contributed by atoms with Crippen LogP contribution in [0.1, 0.15) is 11.4 Å². The highest BCUT2D eigenvalue weighted by molar-refractivity contribution is 5.91. The van der Waals surface area contributed by atoms with Crippen molar-refractivity contribution in [3.8, 4) is 5.82 Å². The zero-order valence-electron chi connectivity index (χ0n) is 14.8. The predicted octanol–water partition coefficient (Wildman–Crippen LogP) is 2.35. The number of amides is 1. The number of halogens is 1. The molecule has 0 saturated carbocycles. The van der Waals surface area contributed by atoms with Gasteiger partial charge in [0.1, 0.15) is 29.6 Å². The first-order chi connectivity index (χ1) is 13.1. The second-order valence-electron chi connectivity index (χ2n) is 5.68. The van der Waals surface area contributed by atoms with E-state index in [0.717, 1.165) is 5.82 Å². The van der Waals surface area contributed by atoms with Gasteiger partial charge in [0.15, 0.2) is 0 Å². The molecular formula is C19H19FN6O. The first-order valence-electron chi connectivity index (χ1n) is 8.40. The van der Waals surface area contributed by atoms with Crippen molar-refractivity contribution in [2.45, 2.75) is 6.92 Å². The lowest BCUT2D eigenvalue weighted by molar-refractivity contribution is -0.116. The lowest BCUT2D eigenvalue weighted by atomic mass is 10.2. The summed E-state index contributed by atoms with van der Waals surface area (Å²) in [5.41, 5.74) is 0.370. The predicted molar refractivity (Wildman–Crippen MR) is 101 cm³/mol. The summed E-state index contributed by atoms with van der Waals surface area (Å²) in [5, 5.41) is 5.85. The van der Waals surface area contributed by atoms with Gasteiger partial charge in [-0.15, -0.1) is 0 Å². The van der Waals surface area contributed by atoms with E-state index in [-0.39, 0.29) is 11.7 Å². The number of nitrogens with one attached hydrogen (secondary N) is 2. The van der Waals surface area contributed by atoms with E-state index in [1.165, 1.54) is 24.5 Å². The molecule has 0 atom stereocenters. The van der Waals surface area contributed by atoms with Crippen molar-refractivity contribution in [3.05, 3.63) is 72.3 Å². The van der Waals surface area contributed by atoms with Gasteiger partial charge in [-0.1, -0.05) is 18.2 Å². The molecule has 3 rings (SSSR count). The summed E-state index contributed by atoms with van der Waals surface area (Å²) in [7, 11) is 0. The standard InChI is InChI=1S/C19H19FN6O/c1-14-21-10-11-26(14)18-12-17(24-13-25-18)22-8-9-23-19(27)7-6-15-4-2-3-5-16(15)20/h2-7,10-13H,8-9H2,1H3,(H,23,27)(H,22,24,25)/b7-6+. The fraction of sp³-hybridized carbons (Fsp3) is 0.158. The normalized spacial score (nSPS) is 10.9. The Morgan fingerprint density at radius 1 is 1.22 bits per heavy atom. The van der Waals surface area contributed by atoms with Crippen molar-refractivity contribution >= 4 is 17.8 Å². The molecule has 1 amide bonds. The first kappa shape index (κ1) is 18.2. The van der Waals surface area contributed by atoms with Gasteiger partial charge in [-0.05, 0) is 19.1 Å². The summed E-state index contributed by atoms with van der Waals surface area (Å²) in [6, 6.07) is 8.07. The molecule has 2 aromatic heterocycles. The van der Waals surface area contributed by atoms with Gasteiger partial charge in [0.2, 0.25) is 5.91 Å². The van der Waals surface area contributed by atoms with Gasteiger partial charge in [-0.3, -0.25) is 9.36 Å². The molecule has 0 fully saturated rings. The second kappa shape index (κ2) is 8.70. The molecular weight excluding hydrogens is 347 g/mol. The van der Waals surface area contributed by atoms with E-state index in [1.54, 1.807) is 30.5 Å². The topological polar surface area (TPSA) is 84.7 Å². The molecule has 7 nitrogen and oxygen atoms in total. The van der Waals surface area contributed by atoms with E-state index in [4.69, 9.17) is 0 Å². The Balaban J connectivity index is 1.47. The van der Waals surface area contributed by atoms with Crippen LogP contribution in [0.5, 0.6) is 0 Å². The zero-order valence-corrected chi connectivity index (χ0v) is 14.8. The summed E-state index contributed by atoms with van der Waals surface area (Å²) >= 11 is 0. The average Bonchev–Trinajstić information content (AvgIpc) is 3.11. The third kappa shape index (κ3) is 4.97. The van der Waals surface area contributed by atoms with Crippen molar-refractivity contribution in [2.24, 2.45) is 0 Å². The lowest BCUT2D eigenvalue weighted by Crippen LogP contribution is -2.27. The average molecular weight is 366 g/mol. The van der Waals surface area contributed by atoms with Crippen molar-refractivity contribution in [1.82, 2.24) is 24.8 Å². The third-order valence-corrected chi connectivity index (χ3v) is 3.78. The molecule has 138 valence electrons. The minimum absolute atomic E-state index is 0.294. The summed E-state index contributed by atoms with van der Waals surface area (Å²) in [6.45, 7) is 2.77. The van der Waals surface area contributed by atoms with Gasteiger partial charge in [-0.2, -0.15) is 0 Å². The zero-order chi connectivity index (χ0) is 19.1. The van der Waals surface area contributed by atoms with Crippen LogP contribution in [0.3, 0.4) is 0 Å². The van der Waals surface area contributed by atoms with Crippen molar-refractivity contribution < 1.29 is 9.18 Å². The number of benzene rings is 1. The van der Waals surface area contributed by atoms with Crippen LogP contribution >= 0.6 is 0 Å². The van der Waals surface area contributed by atoms with Gasteiger partial charge < -0.3 is 10.6 Å². The van der Waals surface area contributed by atoms with Crippen LogP contribution in [-0.2, 0) is 4.79 Å². The Morgan fingerprint density at radius 3 is 2.85 bits per heavy atom. The van der Waals surface area contributed by atoms with E-state index in [2.05, 4.69) is 25.6 Å². The Bertz CT molecular complexity index is 953. The van der Waals surface area contributed by atoms with Crippen LogP contribution < -0.4 is 10.6 Å². The van der Waals surface area contributed by atoms with Gasteiger partial charge in [-0.25, -0.2) is 19.3 Å². The highest BCUT2D eigenvalue weighted by Crippen LogP contribution is 2.10. The smallest absolute Gasteiger partial charge is 0.244 e. The molecule has 0 aliphatic heterocycles. The number of aromatic nitrogens is 4. The summed E-state index contributed by atoms with van der Waals surface area (Å²) < 4.78 is 15.3. The molecule has 2 N–H and O–H groups in total. The van der Waals surface area contributed by atoms with E-state index in [1.807, 2.05) is 17.7 Å². The maximum absolute atomic E-state index is 13.5. The third-order valence-electron chi connectivity index (χ3n) is 3.78. The number of nitrogens with zero attached hydrogens (tertiary/aromatic N) is 4. The number of imidazole rings is 1. The molecule has 0 radical (unpaired) electrons. The Kier molecular flexibility index (Phi) is 5.88. The monoisotopic (exact) mass is 366 g/mol. The van der Waals surface area contributed by atoms with E-state index >= 15 is 0 Å². The maximum Gasteiger partial charge on any atom is 0.244 e. The Labute approximate surface area is 156 Å². The number of hydrogen-bond acceptors (Lipinski definition) is 5. The highest BCUT2D eigenvalue weighted by atomic mass is 19.1. The minimum Gasteiger partial charge on any atom is -0.368 e. The largest absolute Gasteiger partial charge is 0.368 e. The SMILES string of the molecule is Cc1nccn1-c1cc(NCCNC(=O)/C=C/c2ccccc2F)ncn1. The summed E-state index contributed by atoms with van der Waals surface area (Å²) in [6.07, 6.45) is 7.75.